The highest BCUT2D eigenvalue weighted by molar-refractivity contribution is 7.10. The fourth-order valence-electron chi connectivity index (χ4n) is 1.92. The molecule has 4 heteroatoms. The fraction of sp³-hybridized carbons (Fsp3) is 0.0625. The average molecular weight is 277 g/mol. The minimum Gasteiger partial charge on any atom is -0.265 e. The third-order valence-corrected chi connectivity index (χ3v) is 3.82. The van der Waals surface area contributed by atoms with Crippen LogP contribution in [0.5, 0.6) is 0 Å². The number of aromatic nitrogens is 2. The summed E-state index contributed by atoms with van der Waals surface area (Å²) in [5.74, 6) is 0. The van der Waals surface area contributed by atoms with Crippen molar-refractivity contribution in [2.75, 3.05) is 0 Å². The van der Waals surface area contributed by atoms with Crippen molar-refractivity contribution >= 4 is 11.3 Å². The Morgan fingerprint density at radius 1 is 1.05 bits per heavy atom. The smallest absolute Gasteiger partial charge is 0.0991 e. The Balaban J connectivity index is 1.81. The first-order valence-corrected chi connectivity index (χ1v) is 7.07. The summed E-state index contributed by atoms with van der Waals surface area (Å²) >= 11 is 1.65. The fourth-order valence-corrected chi connectivity index (χ4v) is 2.75. The van der Waals surface area contributed by atoms with Crippen molar-refractivity contribution in [1.29, 1.82) is 5.26 Å². The van der Waals surface area contributed by atoms with Crippen LogP contribution in [0.25, 0.3) is 11.3 Å². The van der Waals surface area contributed by atoms with Crippen LogP contribution in [0.15, 0.2) is 54.2 Å². The van der Waals surface area contributed by atoms with Crippen LogP contribution in [0.2, 0.25) is 0 Å². The summed E-state index contributed by atoms with van der Waals surface area (Å²) in [6.45, 7) is 0. The predicted octanol–water partition coefficient (Wildman–Crippen LogP) is 3.67. The van der Waals surface area contributed by atoms with Gasteiger partial charge in [-0.2, -0.15) is 5.26 Å². The highest BCUT2D eigenvalue weighted by Gasteiger charge is 2.05. The van der Waals surface area contributed by atoms with Gasteiger partial charge in [-0.05, 0) is 29.8 Å². The van der Waals surface area contributed by atoms with E-state index in [1.54, 1.807) is 23.7 Å². The number of rotatable bonds is 3. The number of nitriles is 1. The zero-order valence-electron chi connectivity index (χ0n) is 10.7. The van der Waals surface area contributed by atoms with E-state index in [1.165, 1.54) is 5.56 Å². The van der Waals surface area contributed by atoms with Gasteiger partial charge in [0.05, 0.1) is 22.3 Å². The molecule has 0 amide bonds. The summed E-state index contributed by atoms with van der Waals surface area (Å²) < 4.78 is 0. The van der Waals surface area contributed by atoms with Gasteiger partial charge >= 0.3 is 0 Å². The van der Waals surface area contributed by atoms with E-state index in [-0.39, 0.29) is 0 Å². The van der Waals surface area contributed by atoms with E-state index in [0.29, 0.717) is 5.56 Å². The van der Waals surface area contributed by atoms with Crippen LogP contribution < -0.4 is 0 Å². The van der Waals surface area contributed by atoms with E-state index in [0.717, 1.165) is 22.7 Å². The highest BCUT2D eigenvalue weighted by atomic mass is 32.1. The van der Waals surface area contributed by atoms with Crippen molar-refractivity contribution in [2.45, 2.75) is 6.42 Å². The van der Waals surface area contributed by atoms with Crippen molar-refractivity contribution in [3.05, 3.63) is 70.3 Å². The summed E-state index contributed by atoms with van der Waals surface area (Å²) in [6, 6.07) is 13.6. The quantitative estimate of drug-likeness (QED) is 0.734. The van der Waals surface area contributed by atoms with Crippen LogP contribution in [0, 0.1) is 11.3 Å². The van der Waals surface area contributed by atoms with Gasteiger partial charge in [0.15, 0.2) is 0 Å². The van der Waals surface area contributed by atoms with Crippen LogP contribution in [0.4, 0.5) is 0 Å². The first-order chi connectivity index (χ1) is 9.85. The molecule has 96 valence electrons. The van der Waals surface area contributed by atoms with Crippen molar-refractivity contribution in [1.82, 2.24) is 9.97 Å². The van der Waals surface area contributed by atoms with Gasteiger partial charge in [-0.3, -0.25) is 4.98 Å². The summed E-state index contributed by atoms with van der Waals surface area (Å²) in [5.41, 5.74) is 3.88. The van der Waals surface area contributed by atoms with Crippen molar-refractivity contribution in [3.8, 4) is 17.3 Å². The van der Waals surface area contributed by atoms with E-state index in [9.17, 15) is 0 Å². The normalized spacial score (nSPS) is 10.2. The van der Waals surface area contributed by atoms with Crippen molar-refractivity contribution < 1.29 is 0 Å². The molecule has 1 aromatic carbocycles. The maximum atomic E-state index is 8.80. The first kappa shape index (κ1) is 12.5. The SMILES string of the molecule is N#Cc1ccc(-c2csc(Cc3ccncc3)n2)cc1. The largest absolute Gasteiger partial charge is 0.265 e. The number of pyridine rings is 1. The molecule has 3 nitrogen and oxygen atoms in total. The molecule has 0 saturated carbocycles. The van der Waals surface area contributed by atoms with Gasteiger partial charge in [-0.25, -0.2) is 4.98 Å². The average Bonchev–Trinajstić information content (AvgIpc) is 2.97. The van der Waals surface area contributed by atoms with E-state index < -0.39 is 0 Å². The van der Waals surface area contributed by atoms with Gasteiger partial charge in [-0.15, -0.1) is 11.3 Å². The van der Waals surface area contributed by atoms with Crippen LogP contribution >= 0.6 is 11.3 Å². The van der Waals surface area contributed by atoms with Crippen molar-refractivity contribution in [3.63, 3.8) is 0 Å². The summed E-state index contributed by atoms with van der Waals surface area (Å²) in [6.07, 6.45) is 4.42. The standard InChI is InChI=1S/C16H11N3S/c17-10-13-1-3-14(4-2-13)15-11-20-16(19-15)9-12-5-7-18-8-6-12/h1-8,11H,9H2. The molecule has 2 heterocycles. The first-order valence-electron chi connectivity index (χ1n) is 6.19. The number of nitrogens with zero attached hydrogens (tertiary/aromatic N) is 3. The van der Waals surface area contributed by atoms with Gasteiger partial charge in [0.25, 0.3) is 0 Å². The Bertz CT molecular complexity index is 739. The Kier molecular flexibility index (Phi) is 3.53. The Hall–Kier alpha value is -2.51. The third-order valence-electron chi connectivity index (χ3n) is 2.97. The molecule has 0 saturated heterocycles. The number of thiazole rings is 1. The molecule has 20 heavy (non-hydrogen) atoms. The molecule has 0 fully saturated rings. The monoisotopic (exact) mass is 277 g/mol. The zero-order valence-corrected chi connectivity index (χ0v) is 11.5. The minimum atomic E-state index is 0.668. The molecule has 2 aromatic heterocycles. The predicted molar refractivity (Wildman–Crippen MR) is 79.3 cm³/mol. The molecular formula is C16H11N3S. The molecule has 3 aromatic rings. The van der Waals surface area contributed by atoms with E-state index >= 15 is 0 Å². The second-order valence-electron chi connectivity index (χ2n) is 4.35. The Morgan fingerprint density at radius 2 is 1.80 bits per heavy atom. The molecule has 0 bridgehead atoms. The molecular weight excluding hydrogens is 266 g/mol. The van der Waals surface area contributed by atoms with Crippen LogP contribution in [0.3, 0.4) is 0 Å². The van der Waals surface area contributed by atoms with Gasteiger partial charge in [0.2, 0.25) is 0 Å². The van der Waals surface area contributed by atoms with Crippen molar-refractivity contribution in [2.24, 2.45) is 0 Å². The minimum absolute atomic E-state index is 0.668. The molecule has 0 aliphatic rings. The zero-order chi connectivity index (χ0) is 13.8. The summed E-state index contributed by atoms with van der Waals surface area (Å²) in [4.78, 5) is 8.66. The topological polar surface area (TPSA) is 49.6 Å². The molecule has 0 N–H and O–H groups in total. The molecule has 0 aliphatic carbocycles. The molecule has 0 unspecified atom stereocenters. The molecule has 3 rings (SSSR count). The van der Waals surface area contributed by atoms with Crippen LogP contribution in [-0.2, 0) is 6.42 Å². The molecule has 0 spiro atoms. The van der Waals surface area contributed by atoms with E-state index in [2.05, 4.69) is 21.4 Å². The number of hydrogen-bond donors (Lipinski definition) is 0. The Labute approximate surface area is 121 Å². The Morgan fingerprint density at radius 3 is 2.50 bits per heavy atom. The van der Waals surface area contributed by atoms with E-state index in [1.807, 2.05) is 36.4 Å². The molecule has 0 radical (unpaired) electrons. The summed E-state index contributed by atoms with van der Waals surface area (Å²) in [5, 5.41) is 11.9. The van der Waals surface area contributed by atoms with Crippen LogP contribution in [0.1, 0.15) is 16.1 Å². The number of benzene rings is 1. The lowest BCUT2D eigenvalue weighted by molar-refractivity contribution is 1.12. The molecule has 0 aliphatic heterocycles. The maximum Gasteiger partial charge on any atom is 0.0991 e. The second-order valence-corrected chi connectivity index (χ2v) is 5.29. The summed E-state index contributed by atoms with van der Waals surface area (Å²) in [7, 11) is 0. The van der Waals surface area contributed by atoms with Gasteiger partial charge in [0, 0.05) is 29.8 Å². The lowest BCUT2D eigenvalue weighted by Crippen LogP contribution is -1.87. The highest BCUT2D eigenvalue weighted by Crippen LogP contribution is 2.23. The molecule has 0 atom stereocenters. The third kappa shape index (κ3) is 2.73. The van der Waals surface area contributed by atoms with Gasteiger partial charge in [-0.1, -0.05) is 12.1 Å². The van der Waals surface area contributed by atoms with Crippen LogP contribution in [-0.4, -0.2) is 9.97 Å². The van der Waals surface area contributed by atoms with Gasteiger partial charge < -0.3 is 0 Å². The number of hydrogen-bond acceptors (Lipinski definition) is 4. The maximum absolute atomic E-state index is 8.80. The second kappa shape index (κ2) is 5.64. The van der Waals surface area contributed by atoms with Gasteiger partial charge in [0.1, 0.15) is 0 Å². The lowest BCUT2D eigenvalue weighted by atomic mass is 10.1. The van der Waals surface area contributed by atoms with E-state index in [4.69, 9.17) is 5.26 Å². The lowest BCUT2D eigenvalue weighted by Gasteiger charge is -1.97.